The molecule has 0 spiro atoms. The van der Waals surface area contributed by atoms with Crippen molar-refractivity contribution in [2.75, 3.05) is 0 Å². The van der Waals surface area contributed by atoms with Gasteiger partial charge in [-0.3, -0.25) is 4.79 Å². The van der Waals surface area contributed by atoms with Gasteiger partial charge in [0.2, 0.25) is 5.91 Å². The molecule has 3 heteroatoms. The van der Waals surface area contributed by atoms with Crippen LogP contribution < -0.4 is 5.32 Å². The Morgan fingerprint density at radius 1 is 1.67 bits per heavy atom. The highest BCUT2D eigenvalue weighted by Gasteiger charge is 2.05. The number of hydrogen-bond acceptors (Lipinski definition) is 2. The van der Waals surface area contributed by atoms with E-state index in [1.54, 1.807) is 6.08 Å². The van der Waals surface area contributed by atoms with E-state index in [9.17, 15) is 4.79 Å². The van der Waals surface area contributed by atoms with Gasteiger partial charge in [0.25, 0.3) is 0 Å². The number of rotatable bonds is 1. The monoisotopic (exact) mass is 122 g/mol. The second-order valence-corrected chi connectivity index (χ2v) is 1.52. The van der Waals surface area contributed by atoms with Crippen LogP contribution in [0.1, 0.15) is 0 Å². The number of aliphatic imine (C=N–C) groups is 1. The lowest BCUT2D eigenvalue weighted by atomic mass is 10.5. The first kappa shape index (κ1) is 5.75. The fourth-order valence-corrected chi connectivity index (χ4v) is 0.538. The Morgan fingerprint density at radius 3 is 2.89 bits per heavy atom. The summed E-state index contributed by atoms with van der Waals surface area (Å²) in [5.41, 5.74) is 0. The molecule has 1 aliphatic heterocycles. The van der Waals surface area contributed by atoms with Gasteiger partial charge in [0.15, 0.2) is 0 Å². The number of nitrogens with one attached hydrogen (secondary N) is 1. The molecule has 1 amide bonds. The average Bonchev–Trinajstić information content (AvgIpc) is 2.17. The summed E-state index contributed by atoms with van der Waals surface area (Å²) < 4.78 is 0. The zero-order valence-electron chi connectivity index (χ0n) is 4.79. The van der Waals surface area contributed by atoms with Crippen molar-refractivity contribution >= 4 is 11.7 Å². The number of nitrogens with zero attached hydrogens (tertiary/aromatic N) is 1. The molecule has 9 heavy (non-hydrogen) atoms. The van der Waals surface area contributed by atoms with Crippen LogP contribution in [-0.4, -0.2) is 11.7 Å². The van der Waals surface area contributed by atoms with Crippen molar-refractivity contribution in [3.8, 4) is 0 Å². The van der Waals surface area contributed by atoms with Crippen LogP contribution in [0.3, 0.4) is 0 Å². The van der Waals surface area contributed by atoms with E-state index >= 15 is 0 Å². The van der Waals surface area contributed by atoms with Crippen LogP contribution in [0, 0.1) is 0 Å². The smallest absolute Gasteiger partial charge is 0.249 e. The van der Waals surface area contributed by atoms with E-state index < -0.39 is 0 Å². The fourth-order valence-electron chi connectivity index (χ4n) is 0.538. The van der Waals surface area contributed by atoms with Gasteiger partial charge in [0.05, 0.1) is 0 Å². The van der Waals surface area contributed by atoms with E-state index in [-0.39, 0.29) is 5.91 Å². The third-order valence-corrected chi connectivity index (χ3v) is 0.874. The third-order valence-electron chi connectivity index (χ3n) is 0.874. The van der Waals surface area contributed by atoms with Crippen LogP contribution >= 0.6 is 0 Å². The largest absolute Gasteiger partial charge is 0.307 e. The first-order valence-corrected chi connectivity index (χ1v) is 2.50. The first-order valence-electron chi connectivity index (χ1n) is 2.50. The summed E-state index contributed by atoms with van der Waals surface area (Å²) in [4.78, 5) is 14.2. The summed E-state index contributed by atoms with van der Waals surface area (Å²) in [7, 11) is 0. The Labute approximate surface area is 52.8 Å². The van der Waals surface area contributed by atoms with Gasteiger partial charge in [-0.1, -0.05) is 6.58 Å². The standard InChI is InChI=1S/C6H6N2O/c1-2-7-5-3-4-6(9)8-5/h2-4H,1H2,(H,7,8,9). The highest BCUT2D eigenvalue weighted by atomic mass is 16.1. The second-order valence-electron chi connectivity index (χ2n) is 1.52. The number of amidine groups is 1. The molecule has 0 atom stereocenters. The van der Waals surface area contributed by atoms with E-state index in [0.717, 1.165) is 0 Å². The van der Waals surface area contributed by atoms with E-state index in [4.69, 9.17) is 0 Å². The number of hydrogen-bond donors (Lipinski definition) is 1. The highest BCUT2D eigenvalue weighted by Crippen LogP contribution is 1.88. The van der Waals surface area contributed by atoms with Crippen LogP contribution in [0.25, 0.3) is 0 Å². The van der Waals surface area contributed by atoms with Crippen LogP contribution in [0.15, 0.2) is 29.9 Å². The fraction of sp³-hybridized carbons (Fsp3) is 0. The molecule has 1 aliphatic rings. The molecule has 46 valence electrons. The molecule has 0 unspecified atom stereocenters. The van der Waals surface area contributed by atoms with Gasteiger partial charge in [-0.05, 0) is 6.08 Å². The van der Waals surface area contributed by atoms with Crippen molar-refractivity contribution in [1.29, 1.82) is 0 Å². The Bertz CT molecular complexity index is 203. The van der Waals surface area contributed by atoms with Gasteiger partial charge in [0.1, 0.15) is 5.84 Å². The lowest BCUT2D eigenvalue weighted by molar-refractivity contribution is -0.114. The van der Waals surface area contributed by atoms with Gasteiger partial charge in [-0.2, -0.15) is 0 Å². The topological polar surface area (TPSA) is 41.5 Å². The Balaban J connectivity index is 2.70. The summed E-state index contributed by atoms with van der Waals surface area (Å²) in [5.74, 6) is 0.422. The number of amides is 1. The molecule has 0 aliphatic carbocycles. The predicted octanol–water partition coefficient (Wildman–Crippen LogP) is 0.214. The second kappa shape index (κ2) is 2.26. The maximum atomic E-state index is 10.4. The van der Waals surface area contributed by atoms with E-state index in [0.29, 0.717) is 5.84 Å². The molecule has 0 fully saturated rings. The van der Waals surface area contributed by atoms with Crippen molar-refractivity contribution in [2.45, 2.75) is 0 Å². The Kier molecular flexibility index (Phi) is 1.44. The zero-order chi connectivity index (χ0) is 6.69. The van der Waals surface area contributed by atoms with Gasteiger partial charge in [-0.15, -0.1) is 0 Å². The SMILES string of the molecule is C=CN=C1C=CC(=O)N1. The molecule has 0 aromatic rings. The summed E-state index contributed by atoms with van der Waals surface area (Å²) in [6.45, 7) is 3.38. The first-order chi connectivity index (χ1) is 4.33. The molecule has 0 bridgehead atoms. The van der Waals surface area contributed by atoms with Crippen LogP contribution in [0.5, 0.6) is 0 Å². The molecule has 0 saturated heterocycles. The van der Waals surface area contributed by atoms with Crippen molar-refractivity contribution < 1.29 is 4.79 Å². The molecule has 3 nitrogen and oxygen atoms in total. The minimum Gasteiger partial charge on any atom is -0.307 e. The van der Waals surface area contributed by atoms with E-state index in [2.05, 4.69) is 16.9 Å². The minimum atomic E-state index is -0.129. The van der Waals surface area contributed by atoms with Gasteiger partial charge in [-0.25, -0.2) is 4.99 Å². The van der Waals surface area contributed by atoms with Gasteiger partial charge < -0.3 is 5.32 Å². The van der Waals surface area contributed by atoms with Crippen molar-refractivity contribution in [3.05, 3.63) is 24.9 Å². The van der Waals surface area contributed by atoms with E-state index in [1.807, 2.05) is 0 Å². The summed E-state index contributed by atoms with van der Waals surface area (Å²) in [6, 6.07) is 0. The minimum absolute atomic E-state index is 0.129. The Morgan fingerprint density at radius 2 is 2.44 bits per heavy atom. The maximum absolute atomic E-state index is 10.4. The molecule has 0 aromatic heterocycles. The molecular formula is C6H6N2O. The van der Waals surface area contributed by atoms with E-state index in [1.165, 1.54) is 12.3 Å². The van der Waals surface area contributed by atoms with Crippen LogP contribution in [-0.2, 0) is 4.79 Å². The van der Waals surface area contributed by atoms with Crippen molar-refractivity contribution in [3.63, 3.8) is 0 Å². The van der Waals surface area contributed by atoms with Gasteiger partial charge >= 0.3 is 0 Å². The molecule has 1 rings (SSSR count). The summed E-state index contributed by atoms with van der Waals surface area (Å²) in [6.07, 6.45) is 4.40. The third kappa shape index (κ3) is 1.25. The van der Waals surface area contributed by atoms with Crippen LogP contribution in [0.2, 0.25) is 0 Å². The Hall–Kier alpha value is -1.38. The summed E-state index contributed by atoms with van der Waals surface area (Å²) in [5, 5.41) is 2.48. The normalized spacial score (nSPS) is 20.4. The average molecular weight is 122 g/mol. The predicted molar refractivity (Wildman–Crippen MR) is 34.9 cm³/mol. The maximum Gasteiger partial charge on any atom is 0.249 e. The molecule has 0 aromatic carbocycles. The molecule has 1 heterocycles. The van der Waals surface area contributed by atoms with Crippen LogP contribution in [0.4, 0.5) is 0 Å². The van der Waals surface area contributed by atoms with Gasteiger partial charge in [0, 0.05) is 12.3 Å². The lowest BCUT2D eigenvalue weighted by Crippen LogP contribution is -2.20. The molecule has 0 saturated carbocycles. The molecular weight excluding hydrogens is 116 g/mol. The number of carbonyl (C=O) groups is 1. The molecule has 0 radical (unpaired) electrons. The number of carbonyl (C=O) groups excluding carboxylic acids is 1. The van der Waals surface area contributed by atoms with Crippen molar-refractivity contribution in [2.24, 2.45) is 4.99 Å². The van der Waals surface area contributed by atoms with Crippen molar-refractivity contribution in [1.82, 2.24) is 5.32 Å². The zero-order valence-corrected chi connectivity index (χ0v) is 4.79. The molecule has 1 N–H and O–H groups in total. The highest BCUT2D eigenvalue weighted by molar-refractivity contribution is 6.15. The quantitative estimate of drug-likeness (QED) is 0.531. The summed E-state index contributed by atoms with van der Waals surface area (Å²) >= 11 is 0. The lowest BCUT2D eigenvalue weighted by Gasteiger charge is -1.88.